The number of aromatic carboxylic acids is 1. The molecule has 1 unspecified atom stereocenters. The lowest BCUT2D eigenvalue weighted by Gasteiger charge is -2.14. The van der Waals surface area contributed by atoms with Gasteiger partial charge in [-0.3, -0.25) is 4.79 Å². The SMILES string of the molecule is CC(c1ccccc1)S(=O)(=O)c1cccc(-n2c(=O)[nH]c3csc(C(=O)O)c3c2=O)c1. The Labute approximate surface area is 180 Å². The van der Waals surface area contributed by atoms with Gasteiger partial charge in [-0.05, 0) is 30.7 Å². The summed E-state index contributed by atoms with van der Waals surface area (Å²) in [6.07, 6.45) is 0. The summed E-state index contributed by atoms with van der Waals surface area (Å²) < 4.78 is 27.0. The Bertz CT molecular complexity index is 1530. The molecule has 31 heavy (non-hydrogen) atoms. The number of aromatic amines is 1. The van der Waals surface area contributed by atoms with Gasteiger partial charge in [0.15, 0.2) is 9.84 Å². The Morgan fingerprint density at radius 2 is 1.81 bits per heavy atom. The fourth-order valence-corrected chi connectivity index (χ4v) is 5.64. The quantitative estimate of drug-likeness (QED) is 0.475. The zero-order chi connectivity index (χ0) is 22.3. The molecule has 8 nitrogen and oxygen atoms in total. The number of sulfone groups is 1. The van der Waals surface area contributed by atoms with E-state index in [9.17, 15) is 27.9 Å². The van der Waals surface area contributed by atoms with Crippen LogP contribution in [-0.4, -0.2) is 29.0 Å². The van der Waals surface area contributed by atoms with E-state index in [2.05, 4.69) is 4.98 Å². The van der Waals surface area contributed by atoms with E-state index in [1.165, 1.54) is 29.6 Å². The molecule has 4 rings (SSSR count). The van der Waals surface area contributed by atoms with Crippen molar-refractivity contribution in [2.75, 3.05) is 0 Å². The highest BCUT2D eigenvalue weighted by Gasteiger charge is 2.26. The summed E-state index contributed by atoms with van der Waals surface area (Å²) in [7, 11) is -3.82. The van der Waals surface area contributed by atoms with Crippen molar-refractivity contribution in [2.45, 2.75) is 17.1 Å². The molecule has 158 valence electrons. The van der Waals surface area contributed by atoms with Crippen LogP contribution >= 0.6 is 11.3 Å². The normalized spacial score (nSPS) is 12.7. The Kier molecular flexibility index (Phi) is 5.11. The number of carbonyl (C=O) groups is 1. The molecule has 10 heteroatoms. The third-order valence-electron chi connectivity index (χ3n) is 4.99. The smallest absolute Gasteiger partial charge is 0.346 e. The predicted octanol–water partition coefficient (Wildman–Crippen LogP) is 2.97. The first-order valence-electron chi connectivity index (χ1n) is 9.11. The van der Waals surface area contributed by atoms with Crippen LogP contribution in [0.1, 0.15) is 27.4 Å². The van der Waals surface area contributed by atoms with Gasteiger partial charge in [-0.25, -0.2) is 22.6 Å². The van der Waals surface area contributed by atoms with E-state index < -0.39 is 32.3 Å². The van der Waals surface area contributed by atoms with Crippen LogP contribution in [0.25, 0.3) is 16.6 Å². The molecule has 2 heterocycles. The molecule has 0 bridgehead atoms. The van der Waals surface area contributed by atoms with E-state index in [1.54, 1.807) is 37.3 Å². The molecule has 2 aromatic carbocycles. The topological polar surface area (TPSA) is 126 Å². The second-order valence-corrected chi connectivity index (χ2v) is 9.97. The fourth-order valence-electron chi connectivity index (χ4n) is 3.34. The van der Waals surface area contributed by atoms with E-state index in [0.29, 0.717) is 5.56 Å². The van der Waals surface area contributed by atoms with Gasteiger partial charge in [0.05, 0.1) is 26.7 Å². The predicted molar refractivity (Wildman–Crippen MR) is 117 cm³/mol. The van der Waals surface area contributed by atoms with E-state index in [1.807, 2.05) is 0 Å². The van der Waals surface area contributed by atoms with Gasteiger partial charge in [0.2, 0.25) is 0 Å². The molecular formula is C21H16N2O6S2. The molecular weight excluding hydrogens is 440 g/mol. The van der Waals surface area contributed by atoms with Gasteiger partial charge in [0.25, 0.3) is 5.56 Å². The Morgan fingerprint density at radius 1 is 1.10 bits per heavy atom. The summed E-state index contributed by atoms with van der Waals surface area (Å²) in [6, 6.07) is 14.2. The van der Waals surface area contributed by atoms with Crippen molar-refractivity contribution in [2.24, 2.45) is 0 Å². The molecule has 0 fully saturated rings. The van der Waals surface area contributed by atoms with Gasteiger partial charge in [0.1, 0.15) is 4.88 Å². The molecule has 0 saturated heterocycles. The van der Waals surface area contributed by atoms with Crippen molar-refractivity contribution < 1.29 is 18.3 Å². The van der Waals surface area contributed by atoms with Gasteiger partial charge < -0.3 is 10.1 Å². The molecule has 0 amide bonds. The summed E-state index contributed by atoms with van der Waals surface area (Å²) in [5.41, 5.74) is -0.873. The molecule has 4 aromatic rings. The lowest BCUT2D eigenvalue weighted by Crippen LogP contribution is -2.33. The number of hydrogen-bond acceptors (Lipinski definition) is 6. The average Bonchev–Trinajstić information content (AvgIpc) is 3.18. The van der Waals surface area contributed by atoms with Crippen molar-refractivity contribution in [1.82, 2.24) is 9.55 Å². The lowest BCUT2D eigenvalue weighted by molar-refractivity contribution is 0.0704. The number of fused-ring (bicyclic) bond motifs is 1. The summed E-state index contributed by atoms with van der Waals surface area (Å²) in [4.78, 5) is 39.2. The van der Waals surface area contributed by atoms with E-state index in [0.717, 1.165) is 15.9 Å². The first-order valence-corrected chi connectivity index (χ1v) is 11.5. The van der Waals surface area contributed by atoms with Crippen LogP contribution in [0.2, 0.25) is 0 Å². The molecule has 2 N–H and O–H groups in total. The largest absolute Gasteiger partial charge is 0.477 e. The number of hydrogen-bond donors (Lipinski definition) is 2. The van der Waals surface area contributed by atoms with Crippen LogP contribution in [0.4, 0.5) is 0 Å². The number of carboxylic acids is 1. The van der Waals surface area contributed by atoms with Crippen LogP contribution in [-0.2, 0) is 9.84 Å². The molecule has 0 aliphatic heterocycles. The van der Waals surface area contributed by atoms with Crippen LogP contribution in [0, 0.1) is 0 Å². The first-order chi connectivity index (χ1) is 14.7. The number of thiophene rings is 1. The van der Waals surface area contributed by atoms with Gasteiger partial charge >= 0.3 is 11.7 Å². The van der Waals surface area contributed by atoms with Gasteiger partial charge in [-0.15, -0.1) is 11.3 Å². The number of H-pyrrole nitrogens is 1. The number of benzene rings is 2. The van der Waals surface area contributed by atoms with Crippen LogP contribution in [0.5, 0.6) is 0 Å². The highest BCUT2D eigenvalue weighted by atomic mass is 32.2. The van der Waals surface area contributed by atoms with Gasteiger partial charge in [0, 0.05) is 5.38 Å². The summed E-state index contributed by atoms with van der Waals surface area (Å²) >= 11 is 0.828. The van der Waals surface area contributed by atoms with Crippen LogP contribution in [0.3, 0.4) is 0 Å². The zero-order valence-electron chi connectivity index (χ0n) is 16.1. The molecule has 1 atom stereocenters. The van der Waals surface area contributed by atoms with Gasteiger partial charge in [-0.2, -0.15) is 0 Å². The second kappa shape index (κ2) is 7.64. The maximum Gasteiger partial charge on any atom is 0.346 e. The highest BCUT2D eigenvalue weighted by Crippen LogP contribution is 2.29. The standard InChI is InChI=1S/C21H16N2O6S2/c1-12(13-6-3-2-4-7-13)31(28,29)15-9-5-8-14(10-15)23-19(24)17-16(22-21(23)27)11-30-18(17)20(25)26/h2-12H,1H3,(H,22,27)(H,25,26). The highest BCUT2D eigenvalue weighted by molar-refractivity contribution is 7.91. The number of nitrogens with zero attached hydrogens (tertiary/aromatic N) is 1. The molecule has 0 aliphatic rings. The maximum atomic E-state index is 13.2. The summed E-state index contributed by atoms with van der Waals surface area (Å²) in [6.45, 7) is 1.56. The number of nitrogens with one attached hydrogen (secondary N) is 1. The molecule has 0 radical (unpaired) electrons. The average molecular weight is 457 g/mol. The van der Waals surface area contributed by atoms with Gasteiger partial charge in [-0.1, -0.05) is 36.4 Å². The van der Waals surface area contributed by atoms with Crippen molar-refractivity contribution >= 4 is 38.0 Å². The molecule has 0 saturated carbocycles. The van der Waals surface area contributed by atoms with Crippen LogP contribution in [0.15, 0.2) is 74.5 Å². The van der Waals surface area contributed by atoms with E-state index >= 15 is 0 Å². The minimum Gasteiger partial charge on any atom is -0.477 e. The van der Waals surface area contributed by atoms with Crippen molar-refractivity contribution in [1.29, 1.82) is 0 Å². The monoisotopic (exact) mass is 456 g/mol. The first kappa shape index (κ1) is 20.8. The maximum absolute atomic E-state index is 13.2. The Morgan fingerprint density at radius 3 is 2.48 bits per heavy atom. The molecule has 2 aromatic heterocycles. The molecule has 0 spiro atoms. The third kappa shape index (κ3) is 3.49. The summed E-state index contributed by atoms with van der Waals surface area (Å²) in [5.74, 6) is -1.29. The van der Waals surface area contributed by atoms with Crippen LogP contribution < -0.4 is 11.2 Å². The second-order valence-electron chi connectivity index (χ2n) is 6.82. The molecule has 0 aliphatic carbocycles. The van der Waals surface area contributed by atoms with E-state index in [4.69, 9.17) is 0 Å². The minimum atomic E-state index is -3.82. The van der Waals surface area contributed by atoms with Crippen molar-refractivity contribution in [3.05, 3.63) is 91.3 Å². The summed E-state index contributed by atoms with van der Waals surface area (Å²) in [5, 5.41) is 9.74. The third-order valence-corrected chi connectivity index (χ3v) is 8.07. The van der Waals surface area contributed by atoms with Crippen molar-refractivity contribution in [3.63, 3.8) is 0 Å². The van der Waals surface area contributed by atoms with E-state index in [-0.39, 0.29) is 26.4 Å². The number of aromatic nitrogens is 2. The fraction of sp³-hybridized carbons (Fsp3) is 0.0952. The number of rotatable bonds is 5. The Balaban J connectivity index is 1.89. The minimum absolute atomic E-state index is 0.0250. The number of carboxylic acid groups (broad SMARTS) is 1. The lowest BCUT2D eigenvalue weighted by atomic mass is 10.2. The zero-order valence-corrected chi connectivity index (χ0v) is 17.7. The Hall–Kier alpha value is -3.50. The van der Waals surface area contributed by atoms with Crippen molar-refractivity contribution in [3.8, 4) is 5.69 Å².